The summed E-state index contributed by atoms with van der Waals surface area (Å²) < 4.78 is 0. The fourth-order valence-corrected chi connectivity index (χ4v) is 2.86. The van der Waals surface area contributed by atoms with Gasteiger partial charge in [0.2, 0.25) is 0 Å². The lowest BCUT2D eigenvalue weighted by atomic mass is 9.99. The number of halogens is 1. The SMILES string of the molecule is O=C(O)C1CCCN(C(=O)NCCc2ccc(Cl)cc2[N+](=O)[O-])C1. The molecule has 2 rings (SSSR count). The van der Waals surface area contributed by atoms with Crippen molar-refractivity contribution in [1.29, 1.82) is 0 Å². The van der Waals surface area contributed by atoms with Gasteiger partial charge in [0, 0.05) is 36.3 Å². The number of carbonyl (C=O) groups excluding carboxylic acids is 1. The maximum atomic E-state index is 12.1. The molecule has 130 valence electrons. The van der Waals surface area contributed by atoms with E-state index in [0.29, 0.717) is 24.9 Å². The van der Waals surface area contributed by atoms with E-state index >= 15 is 0 Å². The molecule has 1 atom stereocenters. The van der Waals surface area contributed by atoms with Crippen LogP contribution >= 0.6 is 11.6 Å². The van der Waals surface area contributed by atoms with Crippen LogP contribution in [0.1, 0.15) is 18.4 Å². The molecule has 1 heterocycles. The summed E-state index contributed by atoms with van der Waals surface area (Å²) in [5.41, 5.74) is 0.396. The number of carbonyl (C=O) groups is 2. The average Bonchev–Trinajstić information content (AvgIpc) is 2.56. The molecule has 2 N–H and O–H groups in total. The van der Waals surface area contributed by atoms with Gasteiger partial charge in [0.1, 0.15) is 0 Å². The quantitative estimate of drug-likeness (QED) is 0.621. The van der Waals surface area contributed by atoms with Crippen LogP contribution in [-0.2, 0) is 11.2 Å². The Morgan fingerprint density at radius 1 is 1.46 bits per heavy atom. The monoisotopic (exact) mass is 355 g/mol. The number of nitrogens with zero attached hydrogens (tertiary/aromatic N) is 2. The standard InChI is InChI=1S/C15H18ClN3O5/c16-12-4-3-10(13(8-12)19(23)24)5-6-17-15(22)18-7-1-2-11(9-18)14(20)21/h3-4,8,11H,1-2,5-7,9H2,(H,17,22)(H,20,21). The molecule has 1 aromatic rings. The summed E-state index contributed by atoms with van der Waals surface area (Å²) in [6.45, 7) is 0.911. The summed E-state index contributed by atoms with van der Waals surface area (Å²) in [5, 5.41) is 23.0. The molecule has 24 heavy (non-hydrogen) atoms. The van der Waals surface area contributed by atoms with Crippen molar-refractivity contribution in [3.63, 3.8) is 0 Å². The number of carboxylic acid groups (broad SMARTS) is 1. The zero-order chi connectivity index (χ0) is 17.7. The molecule has 0 aromatic heterocycles. The number of nitro groups is 1. The summed E-state index contributed by atoms with van der Waals surface area (Å²) in [4.78, 5) is 35.1. The van der Waals surface area contributed by atoms with E-state index in [1.54, 1.807) is 12.1 Å². The smallest absolute Gasteiger partial charge is 0.317 e. The van der Waals surface area contributed by atoms with Crippen LogP contribution in [0.2, 0.25) is 5.02 Å². The Bertz CT molecular complexity index is 652. The largest absolute Gasteiger partial charge is 0.481 e. The first-order valence-electron chi connectivity index (χ1n) is 7.57. The van der Waals surface area contributed by atoms with Crippen LogP contribution in [0, 0.1) is 16.0 Å². The molecule has 1 saturated heterocycles. The average molecular weight is 356 g/mol. The van der Waals surface area contributed by atoms with E-state index in [1.165, 1.54) is 11.0 Å². The Kier molecular flexibility index (Phi) is 5.97. The summed E-state index contributed by atoms with van der Waals surface area (Å²) in [7, 11) is 0. The van der Waals surface area contributed by atoms with Crippen LogP contribution in [0.5, 0.6) is 0 Å². The van der Waals surface area contributed by atoms with E-state index in [0.717, 1.165) is 0 Å². The highest BCUT2D eigenvalue weighted by molar-refractivity contribution is 6.30. The van der Waals surface area contributed by atoms with Gasteiger partial charge in [0.05, 0.1) is 10.8 Å². The molecular weight excluding hydrogens is 338 g/mol. The number of likely N-dealkylation sites (tertiary alicyclic amines) is 1. The first-order chi connectivity index (χ1) is 11.4. The van der Waals surface area contributed by atoms with Gasteiger partial charge >= 0.3 is 12.0 Å². The van der Waals surface area contributed by atoms with Gasteiger partial charge in [-0.3, -0.25) is 14.9 Å². The van der Waals surface area contributed by atoms with Crippen molar-refractivity contribution in [1.82, 2.24) is 10.2 Å². The highest BCUT2D eigenvalue weighted by Crippen LogP contribution is 2.23. The molecule has 0 aliphatic carbocycles. The molecule has 1 unspecified atom stereocenters. The number of urea groups is 1. The molecule has 0 bridgehead atoms. The van der Waals surface area contributed by atoms with Crippen LogP contribution in [-0.4, -0.2) is 46.6 Å². The molecule has 8 nitrogen and oxygen atoms in total. The van der Waals surface area contributed by atoms with Crippen molar-refractivity contribution in [2.45, 2.75) is 19.3 Å². The van der Waals surface area contributed by atoms with Gasteiger partial charge in [0.25, 0.3) is 5.69 Å². The van der Waals surface area contributed by atoms with Gasteiger partial charge < -0.3 is 15.3 Å². The number of nitrogens with one attached hydrogen (secondary N) is 1. The Morgan fingerprint density at radius 2 is 2.21 bits per heavy atom. The predicted octanol–water partition coefficient (Wildman–Crippen LogP) is 2.30. The number of piperidine rings is 1. The molecule has 0 saturated carbocycles. The number of hydrogen-bond donors (Lipinski definition) is 2. The van der Waals surface area contributed by atoms with Crippen LogP contribution < -0.4 is 5.32 Å². The van der Waals surface area contributed by atoms with E-state index in [9.17, 15) is 19.7 Å². The topological polar surface area (TPSA) is 113 Å². The second kappa shape index (κ2) is 7.96. The zero-order valence-electron chi connectivity index (χ0n) is 12.9. The maximum absolute atomic E-state index is 12.1. The van der Waals surface area contributed by atoms with E-state index in [1.807, 2.05) is 0 Å². The Morgan fingerprint density at radius 3 is 2.88 bits per heavy atom. The minimum Gasteiger partial charge on any atom is -0.481 e. The molecule has 2 amide bonds. The number of hydrogen-bond acceptors (Lipinski definition) is 4. The van der Waals surface area contributed by atoms with Crippen molar-refractivity contribution < 1.29 is 19.6 Å². The van der Waals surface area contributed by atoms with Crippen molar-refractivity contribution in [2.24, 2.45) is 5.92 Å². The highest BCUT2D eigenvalue weighted by atomic mass is 35.5. The number of aliphatic carboxylic acids is 1. The molecule has 1 aliphatic rings. The third-order valence-corrected chi connectivity index (χ3v) is 4.21. The maximum Gasteiger partial charge on any atom is 0.317 e. The van der Waals surface area contributed by atoms with Gasteiger partial charge in [-0.2, -0.15) is 0 Å². The van der Waals surface area contributed by atoms with Crippen molar-refractivity contribution in [3.8, 4) is 0 Å². The summed E-state index contributed by atoms with van der Waals surface area (Å²) >= 11 is 5.76. The Hall–Kier alpha value is -2.35. The summed E-state index contributed by atoms with van der Waals surface area (Å²) in [5.74, 6) is -1.44. The van der Waals surface area contributed by atoms with E-state index in [-0.39, 0.29) is 36.3 Å². The van der Waals surface area contributed by atoms with Gasteiger partial charge in [-0.1, -0.05) is 17.7 Å². The normalized spacial score (nSPS) is 17.4. The number of rotatable bonds is 5. The number of benzene rings is 1. The summed E-state index contributed by atoms with van der Waals surface area (Å²) in [6.07, 6.45) is 1.50. The molecule has 1 fully saturated rings. The first-order valence-corrected chi connectivity index (χ1v) is 7.94. The van der Waals surface area contributed by atoms with Crippen LogP contribution in [0.15, 0.2) is 18.2 Å². The third-order valence-electron chi connectivity index (χ3n) is 3.97. The van der Waals surface area contributed by atoms with Crippen LogP contribution in [0.4, 0.5) is 10.5 Å². The van der Waals surface area contributed by atoms with Gasteiger partial charge in [0.15, 0.2) is 0 Å². The van der Waals surface area contributed by atoms with Gasteiger partial charge in [-0.25, -0.2) is 4.79 Å². The summed E-state index contributed by atoms with van der Waals surface area (Å²) in [6, 6.07) is 4.06. The van der Waals surface area contributed by atoms with Gasteiger partial charge in [-0.05, 0) is 25.3 Å². The number of carboxylic acids is 1. The molecule has 0 spiro atoms. The van der Waals surface area contributed by atoms with Gasteiger partial charge in [-0.15, -0.1) is 0 Å². The molecule has 1 aromatic carbocycles. The lowest BCUT2D eigenvalue weighted by molar-refractivity contribution is -0.385. The fraction of sp³-hybridized carbons (Fsp3) is 0.467. The minimum absolute atomic E-state index is 0.0827. The minimum atomic E-state index is -0.899. The number of amides is 2. The molecule has 0 radical (unpaired) electrons. The fourth-order valence-electron chi connectivity index (χ4n) is 2.70. The molecular formula is C15H18ClN3O5. The van der Waals surface area contributed by atoms with E-state index in [4.69, 9.17) is 16.7 Å². The zero-order valence-corrected chi connectivity index (χ0v) is 13.7. The van der Waals surface area contributed by atoms with Crippen LogP contribution in [0.25, 0.3) is 0 Å². The lowest BCUT2D eigenvalue weighted by Crippen LogP contribution is -2.47. The van der Waals surface area contributed by atoms with E-state index < -0.39 is 16.8 Å². The third kappa shape index (κ3) is 4.58. The Balaban J connectivity index is 1.89. The second-order valence-electron chi connectivity index (χ2n) is 5.64. The van der Waals surface area contributed by atoms with E-state index in [2.05, 4.69) is 5.32 Å². The molecule has 9 heteroatoms. The predicted molar refractivity (Wildman–Crippen MR) is 87.1 cm³/mol. The Labute approximate surface area is 143 Å². The van der Waals surface area contributed by atoms with Crippen LogP contribution in [0.3, 0.4) is 0 Å². The van der Waals surface area contributed by atoms with Crippen molar-refractivity contribution >= 4 is 29.3 Å². The second-order valence-corrected chi connectivity index (χ2v) is 6.07. The highest BCUT2D eigenvalue weighted by Gasteiger charge is 2.28. The van der Waals surface area contributed by atoms with Crippen molar-refractivity contribution in [3.05, 3.63) is 38.9 Å². The van der Waals surface area contributed by atoms with Crippen molar-refractivity contribution in [2.75, 3.05) is 19.6 Å². The molecule has 1 aliphatic heterocycles. The first kappa shape index (κ1) is 18.0. The lowest BCUT2D eigenvalue weighted by Gasteiger charge is -2.30. The number of nitro benzene ring substituents is 1.